The standard InChI is InChI=1S/C16H26BN3O5/c1-10(2)20(13(23)12(22)9-21)14-18-7-11(8-19-14)17-24-15(3,4)16(5,6)25-17/h7-8,10,12,21-22H,9H2,1-6H3/t12-/m0/s1. The van der Waals surface area contributed by atoms with Gasteiger partial charge in [0.05, 0.1) is 17.8 Å². The van der Waals surface area contributed by atoms with Gasteiger partial charge in [-0.3, -0.25) is 9.69 Å². The molecule has 9 heteroatoms. The average Bonchev–Trinajstić information content (AvgIpc) is 2.75. The Labute approximate surface area is 148 Å². The van der Waals surface area contributed by atoms with Crippen molar-refractivity contribution in [2.75, 3.05) is 11.5 Å². The summed E-state index contributed by atoms with van der Waals surface area (Å²) >= 11 is 0. The van der Waals surface area contributed by atoms with Crippen LogP contribution >= 0.6 is 0 Å². The first kappa shape index (κ1) is 19.8. The summed E-state index contributed by atoms with van der Waals surface area (Å²) in [5.74, 6) is -0.506. The number of aliphatic hydroxyl groups is 2. The molecule has 1 aromatic rings. The van der Waals surface area contributed by atoms with Crippen LogP contribution in [0.15, 0.2) is 12.4 Å². The van der Waals surface area contributed by atoms with E-state index >= 15 is 0 Å². The molecule has 25 heavy (non-hydrogen) atoms. The number of aromatic nitrogens is 2. The fourth-order valence-electron chi connectivity index (χ4n) is 2.38. The second kappa shape index (κ2) is 6.99. The Kier molecular flexibility index (Phi) is 5.53. The molecule has 1 aliphatic rings. The van der Waals surface area contributed by atoms with Gasteiger partial charge in [-0.05, 0) is 41.5 Å². The highest BCUT2D eigenvalue weighted by molar-refractivity contribution is 6.61. The summed E-state index contributed by atoms with van der Waals surface area (Å²) in [5, 5.41) is 18.6. The van der Waals surface area contributed by atoms with E-state index in [0.29, 0.717) is 5.46 Å². The lowest BCUT2D eigenvalue weighted by molar-refractivity contribution is -0.128. The van der Waals surface area contributed by atoms with Crippen molar-refractivity contribution in [2.45, 2.75) is 64.9 Å². The zero-order valence-corrected chi connectivity index (χ0v) is 15.6. The predicted octanol–water partition coefficient (Wildman–Crippen LogP) is -0.130. The van der Waals surface area contributed by atoms with Crippen LogP contribution in [0.25, 0.3) is 0 Å². The van der Waals surface area contributed by atoms with Crippen LogP contribution in [0.3, 0.4) is 0 Å². The Morgan fingerprint density at radius 3 is 2.08 bits per heavy atom. The second-order valence-corrected chi connectivity index (χ2v) is 7.41. The molecule has 2 rings (SSSR count). The molecule has 1 amide bonds. The van der Waals surface area contributed by atoms with Gasteiger partial charge in [-0.15, -0.1) is 0 Å². The lowest BCUT2D eigenvalue weighted by Crippen LogP contribution is -2.46. The van der Waals surface area contributed by atoms with Crippen LogP contribution in [0.4, 0.5) is 5.95 Å². The van der Waals surface area contributed by atoms with E-state index in [1.165, 1.54) is 4.90 Å². The van der Waals surface area contributed by atoms with E-state index in [0.717, 1.165) is 0 Å². The molecule has 1 fully saturated rings. The number of carbonyl (C=O) groups excluding carboxylic acids is 1. The smallest absolute Gasteiger partial charge is 0.399 e. The molecule has 1 aromatic heterocycles. The molecule has 1 atom stereocenters. The minimum atomic E-state index is -1.51. The summed E-state index contributed by atoms with van der Waals surface area (Å²) < 4.78 is 11.9. The lowest BCUT2D eigenvalue weighted by atomic mass is 9.81. The lowest BCUT2D eigenvalue weighted by Gasteiger charge is -2.32. The molecule has 1 aliphatic heterocycles. The molecule has 0 bridgehead atoms. The molecule has 138 valence electrons. The van der Waals surface area contributed by atoms with E-state index in [1.807, 2.05) is 27.7 Å². The van der Waals surface area contributed by atoms with Crippen molar-refractivity contribution in [3.8, 4) is 0 Å². The maximum absolute atomic E-state index is 12.2. The van der Waals surface area contributed by atoms with E-state index in [1.54, 1.807) is 26.2 Å². The quantitative estimate of drug-likeness (QED) is 0.712. The van der Waals surface area contributed by atoms with Crippen LogP contribution in [0, 0.1) is 0 Å². The average molecular weight is 351 g/mol. The van der Waals surface area contributed by atoms with Crippen LogP contribution < -0.4 is 10.4 Å². The van der Waals surface area contributed by atoms with Gasteiger partial charge in [-0.2, -0.15) is 0 Å². The van der Waals surface area contributed by atoms with Gasteiger partial charge < -0.3 is 19.5 Å². The zero-order chi connectivity index (χ0) is 19.0. The van der Waals surface area contributed by atoms with Crippen LogP contribution in [-0.2, 0) is 14.1 Å². The van der Waals surface area contributed by atoms with Crippen molar-refractivity contribution >= 4 is 24.4 Å². The Hall–Kier alpha value is -1.55. The largest absolute Gasteiger partial charge is 0.498 e. The number of aliphatic hydroxyl groups excluding tert-OH is 2. The van der Waals surface area contributed by atoms with Crippen molar-refractivity contribution < 1.29 is 24.3 Å². The summed E-state index contributed by atoms with van der Waals surface area (Å²) in [6.45, 7) is 10.7. The van der Waals surface area contributed by atoms with Crippen molar-refractivity contribution in [1.82, 2.24) is 9.97 Å². The Balaban J connectivity index is 2.23. The first-order valence-electron chi connectivity index (χ1n) is 8.29. The van der Waals surface area contributed by atoms with Gasteiger partial charge in [0.1, 0.15) is 0 Å². The Morgan fingerprint density at radius 2 is 1.68 bits per heavy atom. The van der Waals surface area contributed by atoms with Crippen LogP contribution in [-0.4, -0.2) is 63.2 Å². The Morgan fingerprint density at radius 1 is 1.20 bits per heavy atom. The third kappa shape index (κ3) is 3.84. The molecule has 2 N–H and O–H groups in total. The molecular weight excluding hydrogens is 325 g/mol. The highest BCUT2D eigenvalue weighted by atomic mass is 16.7. The zero-order valence-electron chi connectivity index (χ0n) is 15.6. The highest BCUT2D eigenvalue weighted by Crippen LogP contribution is 2.36. The molecule has 1 saturated heterocycles. The normalized spacial score (nSPS) is 20.0. The minimum Gasteiger partial charge on any atom is -0.399 e. The van der Waals surface area contributed by atoms with E-state index in [2.05, 4.69) is 9.97 Å². The highest BCUT2D eigenvalue weighted by Gasteiger charge is 2.52. The molecule has 0 spiro atoms. The number of rotatable bonds is 5. The second-order valence-electron chi connectivity index (χ2n) is 7.41. The molecule has 0 radical (unpaired) electrons. The van der Waals surface area contributed by atoms with Gasteiger partial charge >= 0.3 is 7.12 Å². The first-order chi connectivity index (χ1) is 11.5. The molecule has 8 nitrogen and oxygen atoms in total. The van der Waals surface area contributed by atoms with Crippen LogP contribution in [0.5, 0.6) is 0 Å². The first-order valence-corrected chi connectivity index (χ1v) is 8.29. The topological polar surface area (TPSA) is 105 Å². The molecule has 0 saturated carbocycles. The van der Waals surface area contributed by atoms with E-state index in [9.17, 15) is 9.90 Å². The van der Waals surface area contributed by atoms with Gasteiger partial charge in [-0.25, -0.2) is 9.97 Å². The van der Waals surface area contributed by atoms with Gasteiger partial charge in [0.2, 0.25) is 5.95 Å². The number of anilines is 1. The fourth-order valence-corrected chi connectivity index (χ4v) is 2.38. The Bertz CT molecular complexity index is 605. The van der Waals surface area contributed by atoms with Gasteiger partial charge in [0.25, 0.3) is 5.91 Å². The fraction of sp³-hybridized carbons (Fsp3) is 0.688. The molecular formula is C16H26BN3O5. The SMILES string of the molecule is CC(C)N(C(=O)[C@@H](O)CO)c1ncc(B2OC(C)(C)C(C)(C)O2)cn1. The summed E-state index contributed by atoms with van der Waals surface area (Å²) in [7, 11) is -0.592. The number of carbonyl (C=O) groups is 1. The van der Waals surface area contributed by atoms with Gasteiger partial charge in [-0.1, -0.05) is 0 Å². The van der Waals surface area contributed by atoms with Crippen LogP contribution in [0.2, 0.25) is 0 Å². The summed E-state index contributed by atoms with van der Waals surface area (Å²) in [4.78, 5) is 21.9. The van der Waals surface area contributed by atoms with Crippen molar-refractivity contribution in [2.24, 2.45) is 0 Å². The maximum Gasteiger partial charge on any atom is 0.498 e. The minimum absolute atomic E-state index is 0.146. The number of amides is 1. The molecule has 0 unspecified atom stereocenters. The van der Waals surface area contributed by atoms with Gasteiger partial charge in [0.15, 0.2) is 6.10 Å². The third-order valence-corrected chi connectivity index (χ3v) is 4.61. The number of hydrogen-bond acceptors (Lipinski definition) is 7. The predicted molar refractivity (Wildman–Crippen MR) is 93.5 cm³/mol. The molecule has 2 heterocycles. The number of hydrogen-bond donors (Lipinski definition) is 2. The van der Waals surface area contributed by atoms with Crippen molar-refractivity contribution in [3.63, 3.8) is 0 Å². The van der Waals surface area contributed by atoms with Crippen molar-refractivity contribution in [3.05, 3.63) is 12.4 Å². The maximum atomic E-state index is 12.2. The molecule has 0 aromatic carbocycles. The third-order valence-electron chi connectivity index (χ3n) is 4.61. The number of nitrogens with zero attached hydrogens (tertiary/aromatic N) is 3. The summed E-state index contributed by atoms with van der Waals surface area (Å²) in [5.41, 5.74) is -0.301. The monoisotopic (exact) mass is 351 g/mol. The van der Waals surface area contributed by atoms with E-state index in [4.69, 9.17) is 14.4 Å². The van der Waals surface area contributed by atoms with Crippen molar-refractivity contribution in [1.29, 1.82) is 0 Å². The van der Waals surface area contributed by atoms with Crippen LogP contribution in [0.1, 0.15) is 41.5 Å². The van der Waals surface area contributed by atoms with E-state index < -0.39 is 36.9 Å². The summed E-state index contributed by atoms with van der Waals surface area (Å²) in [6.07, 6.45) is 1.57. The van der Waals surface area contributed by atoms with Gasteiger partial charge in [0, 0.05) is 23.9 Å². The van der Waals surface area contributed by atoms with E-state index in [-0.39, 0.29) is 12.0 Å². The summed E-state index contributed by atoms with van der Waals surface area (Å²) in [6, 6.07) is -0.281. The molecule has 0 aliphatic carbocycles.